The number of nitrogens with two attached hydrogens (primary N) is 1. The summed E-state index contributed by atoms with van der Waals surface area (Å²) in [6, 6.07) is 0. The summed E-state index contributed by atoms with van der Waals surface area (Å²) in [6.07, 6.45) is -6.88. The number of ether oxygens (including phenoxy) is 1. The minimum atomic E-state index is -5.56. The molecule has 0 radical (unpaired) electrons. The van der Waals surface area contributed by atoms with E-state index in [2.05, 4.69) is 34.4 Å². The Hall–Kier alpha value is -2.44. The van der Waals surface area contributed by atoms with Gasteiger partial charge in [-0.2, -0.15) is 4.31 Å². The van der Waals surface area contributed by atoms with Crippen LogP contribution >= 0.6 is 35.2 Å². The molecule has 1 saturated heterocycles. The topological polar surface area (TPSA) is 364 Å². The third-order valence-corrected chi connectivity index (χ3v) is 10.7. The summed E-state index contributed by atoms with van der Waals surface area (Å²) in [5.74, 6) is -1.08. The number of phosphoric ester groups is 3. The number of anilines is 1. The molecular formula is C23H38N7O17P3S. The van der Waals surface area contributed by atoms with Crippen molar-refractivity contribution in [2.24, 2.45) is 5.41 Å². The fourth-order valence-electron chi connectivity index (χ4n) is 4.32. The minimum absolute atomic E-state index is 0.0310. The highest BCUT2D eigenvalue weighted by atomic mass is 32.2. The maximum Gasteiger partial charge on any atom is 0.481 e. The van der Waals surface area contributed by atoms with Crippen molar-refractivity contribution in [3.05, 3.63) is 12.7 Å². The lowest BCUT2D eigenvalue weighted by Crippen LogP contribution is -2.46. The third kappa shape index (κ3) is 12.9. The van der Waals surface area contributed by atoms with Crippen molar-refractivity contribution in [1.82, 2.24) is 30.2 Å². The number of aliphatic hydroxyl groups excluding tert-OH is 2. The van der Waals surface area contributed by atoms with Gasteiger partial charge in [0.05, 0.1) is 19.5 Å². The van der Waals surface area contributed by atoms with E-state index in [1.165, 1.54) is 20.8 Å². The molecule has 0 spiro atoms. The number of carbonyl (C=O) groups is 3. The Kier molecular flexibility index (Phi) is 14.8. The number of phosphoric acid groups is 3. The highest BCUT2D eigenvalue weighted by Crippen LogP contribution is 2.61. The predicted molar refractivity (Wildman–Crippen MR) is 173 cm³/mol. The van der Waals surface area contributed by atoms with E-state index < -0.39 is 84.6 Å². The summed E-state index contributed by atoms with van der Waals surface area (Å²) >= 11 is 1.03. The molecule has 28 heteroatoms. The van der Waals surface area contributed by atoms with Gasteiger partial charge in [0.1, 0.15) is 36.3 Å². The van der Waals surface area contributed by atoms with Gasteiger partial charge in [0.2, 0.25) is 11.8 Å². The number of nitrogens with one attached hydrogen (secondary N) is 2. The quantitative estimate of drug-likeness (QED) is 0.0587. The lowest BCUT2D eigenvalue weighted by Gasteiger charge is -2.30. The number of imidazole rings is 1. The van der Waals surface area contributed by atoms with E-state index in [0.717, 1.165) is 29.0 Å². The van der Waals surface area contributed by atoms with E-state index in [1.807, 2.05) is 0 Å². The van der Waals surface area contributed by atoms with Gasteiger partial charge in [-0.05, 0) is 0 Å². The molecule has 10 N–H and O–H groups in total. The van der Waals surface area contributed by atoms with Crippen LogP contribution in [0.1, 0.15) is 33.4 Å². The normalized spacial score (nSPS) is 22.6. The first-order valence-electron chi connectivity index (χ1n) is 14.5. The van der Waals surface area contributed by atoms with Crippen LogP contribution in [0.2, 0.25) is 0 Å². The third-order valence-electron chi connectivity index (χ3n) is 6.81. The predicted octanol–water partition coefficient (Wildman–Crippen LogP) is -1.32. The van der Waals surface area contributed by atoms with Crippen LogP contribution in [0.15, 0.2) is 12.7 Å². The molecule has 2 amide bonds. The molecule has 2 aromatic heterocycles. The summed E-state index contributed by atoms with van der Waals surface area (Å²) in [5.41, 5.74) is 4.26. The van der Waals surface area contributed by atoms with Crippen LogP contribution in [0.25, 0.3) is 11.2 Å². The van der Waals surface area contributed by atoms with Gasteiger partial charge >= 0.3 is 23.5 Å². The van der Waals surface area contributed by atoms with Crippen LogP contribution in [0.5, 0.6) is 0 Å². The number of thioether (sulfide) groups is 1. The number of nitrogens with zero attached hydrogens (tertiary/aromatic N) is 4. The molecule has 0 aliphatic carbocycles. The number of hydrogen-bond donors (Lipinski definition) is 9. The Labute approximate surface area is 293 Å². The Morgan fingerprint density at radius 1 is 1.08 bits per heavy atom. The second-order valence-corrected chi connectivity index (χ2v) is 16.9. The van der Waals surface area contributed by atoms with E-state index >= 15 is 0 Å². The molecule has 51 heavy (non-hydrogen) atoms. The van der Waals surface area contributed by atoms with Gasteiger partial charge in [-0.15, -0.1) is 0 Å². The largest absolute Gasteiger partial charge is 0.481 e. The SMILES string of the molecule is CC(=O)SCCNC(=O)CCNC(=O)[C@H](O)C(C)(C)COP(=O)(O)OP(=O)(O)OC[C@H]1O[C@H](n2cnc3c(N)ncnc32)[C@@H](O)[C@@H]1OP(=O)(O)O. The van der Waals surface area contributed by atoms with Crippen LogP contribution in [0.3, 0.4) is 0 Å². The Morgan fingerprint density at radius 3 is 2.39 bits per heavy atom. The van der Waals surface area contributed by atoms with Crippen molar-refractivity contribution < 1.29 is 80.5 Å². The zero-order valence-electron chi connectivity index (χ0n) is 27.1. The highest BCUT2D eigenvalue weighted by molar-refractivity contribution is 8.13. The van der Waals surface area contributed by atoms with Crippen LogP contribution in [-0.2, 0) is 50.7 Å². The second-order valence-electron chi connectivity index (χ2n) is 11.4. The number of fused-ring (bicyclic) bond motifs is 1. The molecule has 0 saturated carbocycles. The summed E-state index contributed by atoms with van der Waals surface area (Å²) in [7, 11) is -16.4. The number of rotatable bonds is 19. The summed E-state index contributed by atoms with van der Waals surface area (Å²) in [6.45, 7) is 1.90. The molecule has 1 aliphatic rings. The van der Waals surface area contributed by atoms with Gasteiger partial charge in [-0.3, -0.25) is 32.5 Å². The lowest BCUT2D eigenvalue weighted by atomic mass is 9.87. The van der Waals surface area contributed by atoms with Crippen LogP contribution in [0.4, 0.5) is 5.82 Å². The molecule has 2 aromatic rings. The Morgan fingerprint density at radius 2 is 1.75 bits per heavy atom. The van der Waals surface area contributed by atoms with Crippen molar-refractivity contribution in [1.29, 1.82) is 0 Å². The monoisotopic (exact) mass is 809 g/mol. The summed E-state index contributed by atoms with van der Waals surface area (Å²) in [5, 5.41) is 26.1. The van der Waals surface area contributed by atoms with Gasteiger partial charge < -0.3 is 50.9 Å². The number of hydrogen-bond acceptors (Lipinski definition) is 18. The standard InChI is InChI=1S/C23H38N7O17P3S/c1-12(31)51-7-6-25-14(32)4-5-26-21(35)18(34)23(2,3)9-44-50(41,42)47-49(39,40)43-8-13-17(46-48(36,37)38)16(33)22(45-13)30-11-29-15-19(24)27-10-28-20(15)30/h10-11,13,16-18,22,33-34H,4-9H2,1-3H3,(H,25,32)(H,26,35)(H,39,40)(H,41,42)(H2,24,27,28)(H2,36,37,38)/t13-,16+,17-,18+,22+/m1/s1. The Balaban J connectivity index is 1.55. The molecule has 1 fully saturated rings. The number of amides is 2. The van der Waals surface area contributed by atoms with Crippen LogP contribution in [-0.4, -0.2) is 123 Å². The first kappa shape index (κ1) is 43.0. The average Bonchev–Trinajstić information content (AvgIpc) is 3.57. The van der Waals surface area contributed by atoms with E-state index in [9.17, 15) is 57.9 Å². The van der Waals surface area contributed by atoms with Gasteiger partial charge in [-0.25, -0.2) is 28.6 Å². The van der Waals surface area contributed by atoms with E-state index in [-0.39, 0.29) is 41.6 Å². The molecule has 2 unspecified atom stereocenters. The molecule has 3 heterocycles. The Bertz CT molecular complexity index is 1710. The first-order chi connectivity index (χ1) is 23.5. The number of aromatic nitrogens is 4. The zero-order valence-corrected chi connectivity index (χ0v) is 30.6. The van der Waals surface area contributed by atoms with Crippen molar-refractivity contribution in [3.63, 3.8) is 0 Å². The molecule has 24 nitrogen and oxygen atoms in total. The van der Waals surface area contributed by atoms with Crippen molar-refractivity contribution in [3.8, 4) is 0 Å². The number of aliphatic hydroxyl groups is 2. The molecule has 3 rings (SSSR count). The minimum Gasteiger partial charge on any atom is -0.386 e. The van der Waals surface area contributed by atoms with Crippen molar-refractivity contribution >= 4 is 69.1 Å². The van der Waals surface area contributed by atoms with Crippen LogP contribution in [0, 0.1) is 5.41 Å². The van der Waals surface area contributed by atoms with E-state index in [4.69, 9.17) is 19.5 Å². The molecule has 1 aliphatic heterocycles. The van der Waals surface area contributed by atoms with E-state index in [1.54, 1.807) is 0 Å². The fraction of sp³-hybridized carbons (Fsp3) is 0.652. The molecule has 7 atom stereocenters. The fourth-order valence-corrected chi connectivity index (χ4v) is 7.65. The van der Waals surface area contributed by atoms with Crippen LogP contribution < -0.4 is 16.4 Å². The summed E-state index contributed by atoms with van der Waals surface area (Å²) < 4.78 is 61.8. The van der Waals surface area contributed by atoms with E-state index in [0.29, 0.717) is 5.75 Å². The second kappa shape index (κ2) is 17.6. The summed E-state index contributed by atoms with van der Waals surface area (Å²) in [4.78, 5) is 85.9. The van der Waals surface area contributed by atoms with Crippen molar-refractivity contribution in [2.75, 3.05) is 37.8 Å². The van der Waals surface area contributed by atoms with Crippen molar-refractivity contribution in [2.45, 2.75) is 57.8 Å². The van der Waals surface area contributed by atoms with Gasteiger partial charge in [0.15, 0.2) is 22.8 Å². The van der Waals surface area contributed by atoms with Gasteiger partial charge in [-0.1, -0.05) is 25.6 Å². The lowest BCUT2D eigenvalue weighted by molar-refractivity contribution is -0.137. The van der Waals surface area contributed by atoms with Gasteiger partial charge in [0, 0.05) is 37.6 Å². The highest BCUT2D eigenvalue weighted by Gasteiger charge is 2.50. The van der Waals surface area contributed by atoms with Gasteiger partial charge in [0.25, 0.3) is 0 Å². The smallest absolute Gasteiger partial charge is 0.386 e. The molecular weight excluding hydrogens is 771 g/mol. The maximum absolute atomic E-state index is 12.6. The first-order valence-corrected chi connectivity index (χ1v) is 20.0. The number of carbonyl (C=O) groups excluding carboxylic acids is 3. The molecule has 288 valence electrons. The number of nitrogen functional groups attached to an aromatic ring is 1. The zero-order chi connectivity index (χ0) is 38.4. The molecule has 0 bridgehead atoms. The average molecular weight is 810 g/mol. The molecule has 0 aromatic carbocycles. The maximum atomic E-state index is 12.6.